The summed E-state index contributed by atoms with van der Waals surface area (Å²) >= 11 is 0. The molecule has 0 saturated carbocycles. The van der Waals surface area contributed by atoms with Crippen LogP contribution >= 0.6 is 0 Å². The maximum absolute atomic E-state index is 12.8. The Labute approximate surface area is 123 Å². The third-order valence-corrected chi connectivity index (χ3v) is 2.98. The molecule has 4 heteroatoms. The van der Waals surface area contributed by atoms with Crippen LogP contribution in [0.4, 0.5) is 4.39 Å². The molecule has 0 radical (unpaired) electrons. The van der Waals surface area contributed by atoms with Crippen molar-refractivity contribution in [2.24, 2.45) is 0 Å². The standard InChI is InChI=1S/C17H18FNO2/c1-2-3-12-19-17(20)13-4-8-15(9-5-13)21-16-10-6-14(18)7-11-16/h4-11H,2-3,12H2,1H3,(H,19,20). The molecule has 2 rings (SSSR count). The van der Waals surface area contributed by atoms with Crippen molar-refractivity contribution in [2.45, 2.75) is 19.8 Å². The van der Waals surface area contributed by atoms with Gasteiger partial charge in [-0.3, -0.25) is 4.79 Å². The molecule has 2 aromatic rings. The highest BCUT2D eigenvalue weighted by Crippen LogP contribution is 2.21. The Morgan fingerprint density at radius 2 is 1.62 bits per heavy atom. The molecule has 1 amide bonds. The lowest BCUT2D eigenvalue weighted by atomic mass is 10.2. The minimum atomic E-state index is -0.304. The third-order valence-electron chi connectivity index (χ3n) is 2.98. The second kappa shape index (κ2) is 7.43. The van der Waals surface area contributed by atoms with Crippen molar-refractivity contribution in [2.75, 3.05) is 6.54 Å². The summed E-state index contributed by atoms with van der Waals surface area (Å²) in [5.74, 6) is 0.765. The van der Waals surface area contributed by atoms with E-state index < -0.39 is 0 Å². The van der Waals surface area contributed by atoms with E-state index in [1.165, 1.54) is 12.1 Å². The number of ether oxygens (including phenoxy) is 1. The summed E-state index contributed by atoms with van der Waals surface area (Å²) in [5, 5.41) is 2.85. The molecule has 2 aromatic carbocycles. The van der Waals surface area contributed by atoms with Crippen molar-refractivity contribution in [3.05, 3.63) is 59.9 Å². The van der Waals surface area contributed by atoms with Gasteiger partial charge in [0.05, 0.1) is 0 Å². The van der Waals surface area contributed by atoms with E-state index in [4.69, 9.17) is 4.74 Å². The molecular formula is C17H18FNO2. The molecule has 0 atom stereocenters. The second-order valence-corrected chi connectivity index (χ2v) is 4.69. The van der Waals surface area contributed by atoms with Gasteiger partial charge in [0, 0.05) is 12.1 Å². The zero-order chi connectivity index (χ0) is 15.1. The van der Waals surface area contributed by atoms with Crippen molar-refractivity contribution >= 4 is 5.91 Å². The van der Waals surface area contributed by atoms with Crippen LogP contribution in [0.3, 0.4) is 0 Å². The van der Waals surface area contributed by atoms with Crippen LogP contribution in [-0.4, -0.2) is 12.5 Å². The molecule has 21 heavy (non-hydrogen) atoms. The Morgan fingerprint density at radius 1 is 1.05 bits per heavy atom. The number of benzene rings is 2. The van der Waals surface area contributed by atoms with Gasteiger partial charge in [0.15, 0.2) is 0 Å². The minimum Gasteiger partial charge on any atom is -0.457 e. The normalized spacial score (nSPS) is 10.2. The summed E-state index contributed by atoms with van der Waals surface area (Å²) < 4.78 is 18.4. The fourth-order valence-corrected chi connectivity index (χ4v) is 1.79. The number of amides is 1. The molecule has 0 aliphatic carbocycles. The topological polar surface area (TPSA) is 38.3 Å². The highest BCUT2D eigenvalue weighted by atomic mass is 19.1. The van der Waals surface area contributed by atoms with Crippen molar-refractivity contribution < 1.29 is 13.9 Å². The molecule has 1 N–H and O–H groups in total. The largest absolute Gasteiger partial charge is 0.457 e. The molecule has 0 fully saturated rings. The van der Waals surface area contributed by atoms with Gasteiger partial charge in [-0.1, -0.05) is 13.3 Å². The first-order valence-corrected chi connectivity index (χ1v) is 7.00. The molecule has 0 aromatic heterocycles. The van der Waals surface area contributed by atoms with E-state index in [1.54, 1.807) is 36.4 Å². The molecule has 0 spiro atoms. The Kier molecular flexibility index (Phi) is 5.32. The van der Waals surface area contributed by atoms with Crippen molar-refractivity contribution in [1.82, 2.24) is 5.32 Å². The van der Waals surface area contributed by atoms with E-state index >= 15 is 0 Å². The lowest BCUT2D eigenvalue weighted by Gasteiger charge is -2.07. The quantitative estimate of drug-likeness (QED) is 0.811. The predicted octanol–water partition coefficient (Wildman–Crippen LogP) is 4.15. The van der Waals surface area contributed by atoms with Crippen LogP contribution in [-0.2, 0) is 0 Å². The lowest BCUT2D eigenvalue weighted by Crippen LogP contribution is -2.24. The highest BCUT2D eigenvalue weighted by Gasteiger charge is 2.05. The molecule has 0 saturated heterocycles. The van der Waals surface area contributed by atoms with Gasteiger partial charge in [-0.25, -0.2) is 4.39 Å². The van der Waals surface area contributed by atoms with Gasteiger partial charge >= 0.3 is 0 Å². The number of carbonyl (C=O) groups excluding carboxylic acids is 1. The summed E-state index contributed by atoms with van der Waals surface area (Å²) in [7, 11) is 0. The van der Waals surface area contributed by atoms with Gasteiger partial charge < -0.3 is 10.1 Å². The van der Waals surface area contributed by atoms with Crippen LogP contribution in [0.5, 0.6) is 11.5 Å². The Hall–Kier alpha value is -2.36. The zero-order valence-electron chi connectivity index (χ0n) is 11.9. The SMILES string of the molecule is CCCCNC(=O)c1ccc(Oc2ccc(F)cc2)cc1. The van der Waals surface area contributed by atoms with Crippen molar-refractivity contribution in [1.29, 1.82) is 0 Å². The number of hydrogen-bond donors (Lipinski definition) is 1. The van der Waals surface area contributed by atoms with Crippen LogP contribution in [0.15, 0.2) is 48.5 Å². The maximum atomic E-state index is 12.8. The van der Waals surface area contributed by atoms with Crippen LogP contribution in [0.25, 0.3) is 0 Å². The smallest absolute Gasteiger partial charge is 0.251 e. The van der Waals surface area contributed by atoms with Crippen LogP contribution in [0.1, 0.15) is 30.1 Å². The predicted molar refractivity (Wildman–Crippen MR) is 80.2 cm³/mol. The van der Waals surface area contributed by atoms with Gasteiger partial charge in [-0.15, -0.1) is 0 Å². The molecule has 0 aliphatic heterocycles. The average molecular weight is 287 g/mol. The summed E-state index contributed by atoms with van der Waals surface area (Å²) in [6.45, 7) is 2.76. The van der Waals surface area contributed by atoms with Gasteiger partial charge in [-0.05, 0) is 55.0 Å². The fraction of sp³-hybridized carbons (Fsp3) is 0.235. The van der Waals surface area contributed by atoms with E-state index in [-0.39, 0.29) is 11.7 Å². The summed E-state index contributed by atoms with van der Waals surface area (Å²) in [6.07, 6.45) is 2.02. The Morgan fingerprint density at radius 3 is 2.19 bits per heavy atom. The second-order valence-electron chi connectivity index (χ2n) is 4.69. The molecule has 0 aliphatic rings. The Balaban J connectivity index is 1.95. The number of unbranched alkanes of at least 4 members (excludes halogenated alkanes) is 1. The van der Waals surface area contributed by atoms with E-state index in [0.717, 1.165) is 12.8 Å². The van der Waals surface area contributed by atoms with Crippen LogP contribution in [0, 0.1) is 5.82 Å². The number of nitrogens with one attached hydrogen (secondary N) is 1. The highest BCUT2D eigenvalue weighted by molar-refractivity contribution is 5.94. The minimum absolute atomic E-state index is 0.0863. The van der Waals surface area contributed by atoms with Gasteiger partial charge in [-0.2, -0.15) is 0 Å². The number of halogens is 1. The summed E-state index contributed by atoms with van der Waals surface area (Å²) in [5.41, 5.74) is 0.595. The average Bonchev–Trinajstić information content (AvgIpc) is 2.50. The van der Waals surface area contributed by atoms with Crippen molar-refractivity contribution in [3.8, 4) is 11.5 Å². The number of rotatable bonds is 6. The van der Waals surface area contributed by atoms with Crippen LogP contribution in [0.2, 0.25) is 0 Å². The first kappa shape index (κ1) is 15.0. The first-order chi connectivity index (χ1) is 10.2. The van der Waals surface area contributed by atoms with Gasteiger partial charge in [0.2, 0.25) is 0 Å². The molecular weight excluding hydrogens is 269 g/mol. The van der Waals surface area contributed by atoms with Crippen molar-refractivity contribution in [3.63, 3.8) is 0 Å². The number of hydrogen-bond acceptors (Lipinski definition) is 2. The maximum Gasteiger partial charge on any atom is 0.251 e. The van der Waals surface area contributed by atoms with E-state index in [2.05, 4.69) is 12.2 Å². The summed E-state index contributed by atoms with van der Waals surface area (Å²) in [4.78, 5) is 11.8. The lowest BCUT2D eigenvalue weighted by molar-refractivity contribution is 0.0953. The van der Waals surface area contributed by atoms with Crippen LogP contribution < -0.4 is 10.1 Å². The van der Waals surface area contributed by atoms with E-state index in [1.807, 2.05) is 0 Å². The number of carbonyl (C=O) groups is 1. The molecule has 0 unspecified atom stereocenters. The molecule has 3 nitrogen and oxygen atoms in total. The third kappa shape index (κ3) is 4.60. The first-order valence-electron chi connectivity index (χ1n) is 7.00. The van der Waals surface area contributed by atoms with Gasteiger partial charge in [0.1, 0.15) is 17.3 Å². The molecule has 0 bridgehead atoms. The van der Waals surface area contributed by atoms with E-state index in [9.17, 15) is 9.18 Å². The fourth-order valence-electron chi connectivity index (χ4n) is 1.79. The molecule has 0 heterocycles. The Bertz CT molecular complexity index is 579. The zero-order valence-corrected chi connectivity index (χ0v) is 11.9. The van der Waals surface area contributed by atoms with E-state index in [0.29, 0.717) is 23.6 Å². The summed E-state index contributed by atoms with van der Waals surface area (Å²) in [6, 6.07) is 12.6. The van der Waals surface area contributed by atoms with Gasteiger partial charge in [0.25, 0.3) is 5.91 Å². The monoisotopic (exact) mass is 287 g/mol. The molecule has 110 valence electrons.